The van der Waals surface area contributed by atoms with Crippen molar-refractivity contribution in [2.45, 2.75) is 19.8 Å². The second-order valence-electron chi connectivity index (χ2n) is 3.33. The van der Waals surface area contributed by atoms with E-state index in [1.54, 1.807) is 0 Å². The van der Waals surface area contributed by atoms with Gasteiger partial charge in [-0.1, -0.05) is 13.3 Å². The van der Waals surface area contributed by atoms with Crippen LogP contribution in [0, 0.1) is 0 Å². The summed E-state index contributed by atoms with van der Waals surface area (Å²) in [6.07, 6.45) is 3.25. The Morgan fingerprint density at radius 1 is 1.56 bits per heavy atom. The molecule has 1 amide bonds. The first-order valence-electron chi connectivity index (χ1n) is 5.27. The maximum atomic E-state index is 11.5. The number of nitrogens with one attached hydrogen (secondary N) is 2. The molecule has 0 aromatic carbocycles. The Bertz CT molecular complexity index is 412. The second kappa shape index (κ2) is 5.95. The van der Waals surface area contributed by atoms with E-state index >= 15 is 0 Å². The van der Waals surface area contributed by atoms with Crippen molar-refractivity contribution in [2.24, 2.45) is 0 Å². The van der Waals surface area contributed by atoms with E-state index in [0.29, 0.717) is 6.61 Å². The molecule has 16 heavy (non-hydrogen) atoms. The van der Waals surface area contributed by atoms with E-state index in [1.807, 2.05) is 6.92 Å². The lowest BCUT2D eigenvalue weighted by molar-refractivity contribution is 0.0953. The fourth-order valence-corrected chi connectivity index (χ4v) is 1.22. The number of rotatable bonds is 5. The number of pyridine rings is 1. The summed E-state index contributed by atoms with van der Waals surface area (Å²) in [6, 6.07) is 1.34. The molecule has 0 fully saturated rings. The van der Waals surface area contributed by atoms with Crippen molar-refractivity contribution >= 4 is 5.91 Å². The number of carbonyl (C=O) groups excluding carboxylic acids is 1. The van der Waals surface area contributed by atoms with Crippen LogP contribution in [0.25, 0.3) is 0 Å². The predicted octanol–water partition coefficient (Wildman–Crippen LogP) is 0.913. The van der Waals surface area contributed by atoms with Crippen LogP contribution in [0.2, 0.25) is 0 Å². The Labute approximate surface area is 93.8 Å². The highest BCUT2D eigenvalue weighted by Crippen LogP contribution is 2.10. The van der Waals surface area contributed by atoms with Gasteiger partial charge >= 0.3 is 0 Å². The maximum Gasteiger partial charge on any atom is 0.271 e. The van der Waals surface area contributed by atoms with Gasteiger partial charge in [-0.05, 0) is 6.42 Å². The van der Waals surface area contributed by atoms with E-state index in [4.69, 9.17) is 4.74 Å². The molecule has 0 radical (unpaired) electrons. The van der Waals surface area contributed by atoms with Gasteiger partial charge in [0.1, 0.15) is 0 Å². The van der Waals surface area contributed by atoms with Gasteiger partial charge in [0.05, 0.1) is 6.61 Å². The fraction of sp³-hybridized carbons (Fsp3) is 0.455. The largest absolute Gasteiger partial charge is 0.487 e. The van der Waals surface area contributed by atoms with Gasteiger partial charge in [-0.2, -0.15) is 0 Å². The summed E-state index contributed by atoms with van der Waals surface area (Å²) in [7, 11) is 1.50. The second-order valence-corrected chi connectivity index (χ2v) is 3.33. The topological polar surface area (TPSA) is 71.2 Å². The Kier molecular flexibility index (Phi) is 4.57. The van der Waals surface area contributed by atoms with Crippen molar-refractivity contribution in [1.29, 1.82) is 0 Å². The van der Waals surface area contributed by atoms with Crippen LogP contribution < -0.4 is 15.5 Å². The van der Waals surface area contributed by atoms with Gasteiger partial charge in [0.2, 0.25) is 5.43 Å². The summed E-state index contributed by atoms with van der Waals surface area (Å²) in [5, 5.41) is 2.45. The van der Waals surface area contributed by atoms with Crippen LogP contribution >= 0.6 is 0 Å². The summed E-state index contributed by atoms with van der Waals surface area (Å²) in [6.45, 7) is 2.46. The van der Waals surface area contributed by atoms with Gasteiger partial charge in [0.15, 0.2) is 11.4 Å². The zero-order valence-corrected chi connectivity index (χ0v) is 9.50. The normalized spacial score (nSPS) is 9.88. The van der Waals surface area contributed by atoms with E-state index in [2.05, 4.69) is 10.3 Å². The molecule has 0 spiro atoms. The van der Waals surface area contributed by atoms with Crippen LogP contribution in [0.4, 0.5) is 0 Å². The number of ether oxygens (including phenoxy) is 1. The molecule has 0 aliphatic rings. The van der Waals surface area contributed by atoms with Crippen LogP contribution in [0.15, 0.2) is 17.1 Å². The molecule has 1 aromatic rings. The molecule has 88 valence electrons. The van der Waals surface area contributed by atoms with Crippen molar-refractivity contribution in [2.75, 3.05) is 13.7 Å². The molecule has 5 heteroatoms. The average Bonchev–Trinajstić information content (AvgIpc) is 2.30. The number of aromatic nitrogens is 1. The van der Waals surface area contributed by atoms with E-state index in [-0.39, 0.29) is 22.8 Å². The van der Waals surface area contributed by atoms with Gasteiger partial charge in [0, 0.05) is 19.3 Å². The van der Waals surface area contributed by atoms with E-state index < -0.39 is 0 Å². The van der Waals surface area contributed by atoms with Gasteiger partial charge in [-0.15, -0.1) is 0 Å². The lowest BCUT2D eigenvalue weighted by Crippen LogP contribution is -2.23. The molecule has 0 atom stereocenters. The van der Waals surface area contributed by atoms with Crippen LogP contribution in [0.3, 0.4) is 0 Å². The minimum Gasteiger partial charge on any atom is -0.487 e. The first-order chi connectivity index (χ1) is 7.70. The summed E-state index contributed by atoms with van der Waals surface area (Å²) in [4.78, 5) is 25.7. The van der Waals surface area contributed by atoms with Crippen LogP contribution in [-0.4, -0.2) is 24.5 Å². The van der Waals surface area contributed by atoms with Crippen molar-refractivity contribution in [3.63, 3.8) is 0 Å². The molecule has 2 N–H and O–H groups in total. The first kappa shape index (κ1) is 12.3. The van der Waals surface area contributed by atoms with Gasteiger partial charge in [0.25, 0.3) is 5.91 Å². The van der Waals surface area contributed by atoms with Gasteiger partial charge < -0.3 is 15.0 Å². The molecule has 0 saturated carbocycles. The number of hydrogen-bond donors (Lipinski definition) is 2. The molecule has 0 unspecified atom stereocenters. The van der Waals surface area contributed by atoms with E-state index in [9.17, 15) is 9.59 Å². The lowest BCUT2D eigenvalue weighted by atomic mass is 10.3. The molecular weight excluding hydrogens is 208 g/mol. The molecular formula is C11H16N2O3. The number of hydrogen-bond acceptors (Lipinski definition) is 3. The minimum atomic E-state index is -0.357. The summed E-state index contributed by atoms with van der Waals surface area (Å²) < 4.78 is 5.33. The number of carbonyl (C=O) groups is 1. The number of amides is 1. The van der Waals surface area contributed by atoms with Crippen molar-refractivity contribution < 1.29 is 9.53 Å². The number of aromatic amines is 1. The third-order valence-corrected chi connectivity index (χ3v) is 2.11. The number of unbranched alkanes of at least 4 members (excludes halogenated alkanes) is 1. The Morgan fingerprint density at radius 3 is 2.94 bits per heavy atom. The average molecular weight is 224 g/mol. The Morgan fingerprint density at radius 2 is 2.31 bits per heavy atom. The fourth-order valence-electron chi connectivity index (χ4n) is 1.22. The SMILES string of the molecule is CCCCOc1c(C(=O)NC)[nH]ccc1=O. The third-order valence-electron chi connectivity index (χ3n) is 2.11. The van der Waals surface area contributed by atoms with E-state index in [1.165, 1.54) is 19.3 Å². The standard InChI is InChI=1S/C11H16N2O3/c1-3-4-7-16-10-8(14)5-6-13-9(10)11(15)12-2/h5-6H,3-4,7H2,1-2H3,(H,12,15)(H,13,14). The van der Waals surface area contributed by atoms with Crippen molar-refractivity contribution in [3.05, 3.63) is 28.2 Å². The predicted molar refractivity (Wildman–Crippen MR) is 60.9 cm³/mol. The van der Waals surface area contributed by atoms with Crippen molar-refractivity contribution in [1.82, 2.24) is 10.3 Å². The van der Waals surface area contributed by atoms with Gasteiger partial charge in [-0.25, -0.2) is 0 Å². The minimum absolute atomic E-state index is 0.0929. The molecule has 0 aliphatic heterocycles. The lowest BCUT2D eigenvalue weighted by Gasteiger charge is -2.08. The summed E-state index contributed by atoms with van der Waals surface area (Å²) in [5.41, 5.74) is -0.112. The van der Waals surface area contributed by atoms with E-state index in [0.717, 1.165) is 12.8 Å². The van der Waals surface area contributed by atoms with Crippen molar-refractivity contribution in [3.8, 4) is 5.75 Å². The van der Waals surface area contributed by atoms with Gasteiger partial charge in [-0.3, -0.25) is 9.59 Å². The highest BCUT2D eigenvalue weighted by Gasteiger charge is 2.14. The Hall–Kier alpha value is -1.78. The van der Waals surface area contributed by atoms with Crippen LogP contribution in [-0.2, 0) is 0 Å². The molecule has 1 rings (SSSR count). The summed E-state index contributed by atoms with van der Waals surface area (Å²) in [5.74, 6) is -0.264. The molecule has 5 nitrogen and oxygen atoms in total. The highest BCUT2D eigenvalue weighted by molar-refractivity contribution is 5.94. The smallest absolute Gasteiger partial charge is 0.271 e. The monoisotopic (exact) mass is 224 g/mol. The third kappa shape index (κ3) is 2.85. The molecule has 1 aromatic heterocycles. The zero-order valence-electron chi connectivity index (χ0n) is 9.50. The first-order valence-corrected chi connectivity index (χ1v) is 5.27. The molecule has 0 bridgehead atoms. The quantitative estimate of drug-likeness (QED) is 0.730. The molecule has 1 heterocycles. The number of H-pyrrole nitrogens is 1. The molecule has 0 aliphatic carbocycles. The highest BCUT2D eigenvalue weighted by atomic mass is 16.5. The summed E-state index contributed by atoms with van der Waals surface area (Å²) >= 11 is 0. The molecule has 0 saturated heterocycles. The van der Waals surface area contributed by atoms with Crippen LogP contribution in [0.1, 0.15) is 30.3 Å². The maximum absolute atomic E-state index is 11.5. The Balaban J connectivity index is 2.95. The zero-order chi connectivity index (χ0) is 12.0. The van der Waals surface area contributed by atoms with Crippen LogP contribution in [0.5, 0.6) is 5.75 Å².